The second kappa shape index (κ2) is 24.3. The number of phenolic OH excluding ortho intramolecular Hbond substituents is 1. The number of esters is 1. The van der Waals surface area contributed by atoms with Crippen LogP contribution < -0.4 is 10.7 Å². The van der Waals surface area contributed by atoms with Gasteiger partial charge in [-0.15, -0.1) is 0 Å². The Morgan fingerprint density at radius 2 is 1.75 bits per heavy atom. The highest BCUT2D eigenvalue weighted by molar-refractivity contribution is 7.91. The van der Waals surface area contributed by atoms with Gasteiger partial charge in [-0.05, 0) is 129 Å². The number of likely N-dealkylation sites (N-methyl/N-ethyl adjacent to an activating group) is 1. The zero-order valence-electron chi connectivity index (χ0n) is 47.1. The lowest BCUT2D eigenvalue weighted by atomic mass is 9.84. The van der Waals surface area contributed by atoms with Gasteiger partial charge in [0.05, 0.1) is 35.6 Å². The number of ether oxygens (including phenoxy) is 3. The number of pyridine rings is 1. The molecular weight excluding hydrogens is 1020 g/mol. The number of nitrogens with zero attached hydrogens (tertiary/aromatic N) is 5. The lowest BCUT2D eigenvalue weighted by Gasteiger charge is -2.37. The summed E-state index contributed by atoms with van der Waals surface area (Å²) in [6, 6.07) is 20.5. The van der Waals surface area contributed by atoms with Crippen molar-refractivity contribution in [2.75, 3.05) is 65.1 Å². The van der Waals surface area contributed by atoms with E-state index >= 15 is 0 Å². The minimum atomic E-state index is -2.98. The molecule has 79 heavy (non-hydrogen) atoms. The summed E-state index contributed by atoms with van der Waals surface area (Å²) in [5.41, 5.74) is 11.4. The number of amides is 3. The normalized spacial score (nSPS) is 22.5. The van der Waals surface area contributed by atoms with Crippen LogP contribution in [0.3, 0.4) is 0 Å². The van der Waals surface area contributed by atoms with E-state index in [1.165, 1.54) is 9.91 Å². The molecule has 0 radical (unpaired) electrons. The molecule has 6 heterocycles. The molecule has 3 saturated heterocycles. The maximum atomic E-state index is 14.9. The molecule has 4 aliphatic heterocycles. The molecule has 3 fully saturated rings. The number of rotatable bonds is 14. The zero-order chi connectivity index (χ0) is 56.3. The van der Waals surface area contributed by atoms with Gasteiger partial charge in [-0.1, -0.05) is 70.2 Å². The summed E-state index contributed by atoms with van der Waals surface area (Å²) in [5.74, 6) is -2.01. The quantitative estimate of drug-likeness (QED) is 0.0946. The molecule has 17 nitrogen and oxygen atoms in total. The summed E-state index contributed by atoms with van der Waals surface area (Å²) in [6.07, 6.45) is 4.40. The van der Waals surface area contributed by atoms with Crippen LogP contribution in [-0.4, -0.2) is 151 Å². The molecule has 3 amide bonds. The van der Waals surface area contributed by atoms with Gasteiger partial charge in [-0.25, -0.2) is 13.8 Å². The Kier molecular flexibility index (Phi) is 17.7. The number of methoxy groups -OCH3 is 1. The average Bonchev–Trinajstić information content (AvgIpc) is 4.28. The van der Waals surface area contributed by atoms with Crippen molar-refractivity contribution in [3.63, 3.8) is 0 Å². The van der Waals surface area contributed by atoms with Crippen LogP contribution in [0.1, 0.15) is 107 Å². The fourth-order valence-corrected chi connectivity index (χ4v) is 13.4. The first-order chi connectivity index (χ1) is 37.7. The van der Waals surface area contributed by atoms with E-state index in [-0.39, 0.29) is 60.7 Å². The molecule has 3 N–H and O–H groups in total. The molecule has 6 atom stereocenters. The van der Waals surface area contributed by atoms with Crippen molar-refractivity contribution in [1.29, 1.82) is 0 Å². The SMILES string of the molecule is CCn1c(-c2cc(CCCN3CCS(=O)(=O)CC3)cnc2[C@H](C)OC)c2c3cc(ccc31)-c1cc(O)cc(c1)C[C@H](NC(=O)[C@H](C(C)C)N(C)C(=O)[C@@H]1OCC[C@@H]1c1ccccc1)C(=O)N1CCC[C@H](N1)C(=O)OCC(C)(C)C2. The molecule has 0 spiro atoms. The molecule has 6 bridgehead atoms. The molecule has 9 rings (SSSR count). The minimum absolute atomic E-state index is 0.0204. The third-order valence-corrected chi connectivity index (χ3v) is 18.0. The van der Waals surface area contributed by atoms with Crippen molar-refractivity contribution in [1.82, 2.24) is 35.1 Å². The van der Waals surface area contributed by atoms with Crippen molar-refractivity contribution in [3.05, 3.63) is 107 Å². The fraction of sp³-hybridized carbons (Fsp3) is 0.525. The van der Waals surface area contributed by atoms with Gasteiger partial charge >= 0.3 is 5.97 Å². The predicted molar refractivity (Wildman–Crippen MR) is 304 cm³/mol. The lowest BCUT2D eigenvalue weighted by Crippen LogP contribution is -2.62. The number of nitrogens with one attached hydrogen (secondary N) is 2. The number of hydrogen-bond acceptors (Lipinski definition) is 13. The smallest absolute Gasteiger partial charge is 0.324 e. The van der Waals surface area contributed by atoms with Crippen molar-refractivity contribution >= 4 is 44.4 Å². The number of sulfone groups is 1. The largest absolute Gasteiger partial charge is 0.508 e. The predicted octanol–water partition coefficient (Wildman–Crippen LogP) is 7.17. The maximum absolute atomic E-state index is 14.9. The van der Waals surface area contributed by atoms with E-state index in [0.29, 0.717) is 63.1 Å². The van der Waals surface area contributed by atoms with Crippen LogP contribution in [-0.2, 0) is 69.0 Å². The topological polar surface area (TPSA) is 202 Å². The number of aryl methyl sites for hydroxylation is 2. The molecule has 0 unspecified atom stereocenters. The Balaban J connectivity index is 1.09. The van der Waals surface area contributed by atoms with Crippen LogP contribution in [0.4, 0.5) is 0 Å². The van der Waals surface area contributed by atoms with E-state index in [9.17, 15) is 32.7 Å². The number of aromatic nitrogens is 2. The number of cyclic esters (lactones) is 1. The second-order valence-electron chi connectivity index (χ2n) is 23.2. The fourth-order valence-electron chi connectivity index (χ4n) is 12.2. The van der Waals surface area contributed by atoms with Crippen LogP contribution in [0, 0.1) is 11.3 Å². The van der Waals surface area contributed by atoms with Crippen molar-refractivity contribution < 1.29 is 46.9 Å². The molecule has 0 aliphatic carbocycles. The highest BCUT2D eigenvalue weighted by atomic mass is 32.2. The van der Waals surface area contributed by atoms with E-state index < -0.39 is 57.3 Å². The zero-order valence-corrected chi connectivity index (χ0v) is 47.9. The number of carbonyl (C=O) groups is 4. The van der Waals surface area contributed by atoms with Gasteiger partial charge in [0.1, 0.15) is 30.0 Å². The van der Waals surface area contributed by atoms with Crippen LogP contribution in [0.25, 0.3) is 33.3 Å². The highest BCUT2D eigenvalue weighted by Crippen LogP contribution is 2.43. The lowest BCUT2D eigenvalue weighted by molar-refractivity contribution is -0.155. The van der Waals surface area contributed by atoms with Gasteiger partial charge in [0.25, 0.3) is 11.8 Å². The van der Waals surface area contributed by atoms with E-state index in [1.807, 2.05) is 69.4 Å². The Morgan fingerprint density at radius 3 is 2.47 bits per heavy atom. The standard InChI is InChI=1S/C61H79N7O10S/c1-9-67-52-20-19-43-34-47(52)49(55(67)48-31-40(36-62-53(48)39(4)76-8)15-13-22-66-24-27-79(74,75)28-25-66)35-61(5,6)37-78-60(73)50-18-14-23-68(64-50)58(71)51(32-41-29-44(43)33-45(69)30-41)63-57(70)54(38(2)3)65(7)59(72)56-46(21-26-77-56)42-16-11-10-12-17-42/h10-12,16-17,19-20,29-31,33-34,36,38-39,46,50-51,54,56,64,69H,9,13-15,18,21-28,32,35,37H2,1-8H3,(H,63,70)/t39-,46+,50-,51-,54-,56+/m0/s1. The van der Waals surface area contributed by atoms with Crippen LogP contribution >= 0.6 is 0 Å². The van der Waals surface area contributed by atoms with Crippen molar-refractivity contribution in [2.24, 2.45) is 11.3 Å². The van der Waals surface area contributed by atoms with Gasteiger partial charge < -0.3 is 39.0 Å². The second-order valence-corrected chi connectivity index (χ2v) is 25.5. The summed E-state index contributed by atoms with van der Waals surface area (Å²) in [4.78, 5) is 67.1. The molecule has 424 valence electrons. The Morgan fingerprint density at radius 1 is 0.987 bits per heavy atom. The van der Waals surface area contributed by atoms with Crippen LogP contribution in [0.2, 0.25) is 0 Å². The monoisotopic (exact) mass is 1100 g/mol. The van der Waals surface area contributed by atoms with Crippen molar-refractivity contribution in [3.8, 4) is 28.1 Å². The van der Waals surface area contributed by atoms with Crippen molar-refractivity contribution in [2.45, 2.75) is 129 Å². The highest BCUT2D eigenvalue weighted by Gasteiger charge is 2.42. The molecule has 4 aliphatic rings. The molecular formula is C61H79N7O10S. The number of fused-ring (bicyclic) bond motifs is 6. The summed E-state index contributed by atoms with van der Waals surface area (Å²) in [5, 5.41) is 17.0. The number of hydrogen-bond donors (Lipinski definition) is 3. The minimum Gasteiger partial charge on any atom is -0.508 e. The molecule has 3 aromatic carbocycles. The first kappa shape index (κ1) is 57.5. The van der Waals surface area contributed by atoms with E-state index in [1.54, 1.807) is 26.3 Å². The Bertz CT molecular complexity index is 3150. The molecule has 18 heteroatoms. The van der Waals surface area contributed by atoms with Crippen LogP contribution in [0.15, 0.2) is 79.0 Å². The van der Waals surface area contributed by atoms with Gasteiger partial charge in [0, 0.05) is 87.4 Å². The van der Waals surface area contributed by atoms with Gasteiger partial charge in [-0.2, -0.15) is 0 Å². The summed E-state index contributed by atoms with van der Waals surface area (Å²) in [6.45, 7) is 15.2. The van der Waals surface area contributed by atoms with E-state index in [0.717, 1.165) is 69.5 Å². The number of aromatic hydroxyl groups is 1. The average molecular weight is 1100 g/mol. The molecule has 0 saturated carbocycles. The summed E-state index contributed by atoms with van der Waals surface area (Å²) < 4.78 is 44.8. The van der Waals surface area contributed by atoms with E-state index in [2.05, 4.69) is 59.2 Å². The van der Waals surface area contributed by atoms with Gasteiger partial charge in [-0.3, -0.25) is 29.2 Å². The first-order valence-electron chi connectivity index (χ1n) is 28.2. The van der Waals surface area contributed by atoms with Gasteiger partial charge in [0.15, 0.2) is 9.84 Å². The number of hydrazine groups is 1. The van der Waals surface area contributed by atoms with Gasteiger partial charge in [0.2, 0.25) is 5.91 Å². The summed E-state index contributed by atoms with van der Waals surface area (Å²) in [7, 11) is 0.302. The summed E-state index contributed by atoms with van der Waals surface area (Å²) >= 11 is 0. The Labute approximate surface area is 465 Å². The maximum Gasteiger partial charge on any atom is 0.324 e. The third-order valence-electron chi connectivity index (χ3n) is 16.4. The Hall–Kier alpha value is -6.18. The molecule has 5 aromatic rings. The third kappa shape index (κ3) is 12.9. The first-order valence-corrected chi connectivity index (χ1v) is 30.0. The number of phenols is 1. The number of benzene rings is 3. The van der Waals surface area contributed by atoms with Crippen LogP contribution in [0.5, 0.6) is 5.75 Å². The molecule has 2 aromatic heterocycles. The number of carbonyl (C=O) groups excluding carboxylic acids is 4. The van der Waals surface area contributed by atoms with E-state index in [4.69, 9.17) is 19.2 Å².